The van der Waals surface area contributed by atoms with Crippen LogP contribution in [0.2, 0.25) is 0 Å². The van der Waals surface area contributed by atoms with Crippen LogP contribution in [0.4, 0.5) is 0 Å². The summed E-state index contributed by atoms with van der Waals surface area (Å²) in [5.41, 5.74) is 0.255. The molecule has 2 nitrogen and oxygen atoms in total. The van der Waals surface area contributed by atoms with E-state index in [1.807, 2.05) is 0 Å². The topological polar surface area (TPSA) is 18.5 Å². The Labute approximate surface area is 47.2 Å². The molecule has 1 atom stereocenters. The van der Waals surface area contributed by atoms with Crippen molar-refractivity contribution >= 4 is 10.2 Å². The zero-order chi connectivity index (χ0) is 5.70. The summed E-state index contributed by atoms with van der Waals surface area (Å²) in [7, 11) is 5.12. The van der Waals surface area contributed by atoms with E-state index in [1.165, 1.54) is 0 Å². The molecule has 43 valence electrons. The molecule has 0 saturated heterocycles. The van der Waals surface area contributed by atoms with Gasteiger partial charge in [0.25, 0.3) is 0 Å². The summed E-state index contributed by atoms with van der Waals surface area (Å²) < 4.78 is 9.65. The van der Waals surface area contributed by atoms with E-state index in [1.54, 1.807) is 24.5 Å². The van der Waals surface area contributed by atoms with Crippen molar-refractivity contribution in [3.05, 3.63) is 0 Å². The fourth-order valence-electron chi connectivity index (χ4n) is 0.254. The Balaban J connectivity index is 2.83. The number of hydrogen-bond acceptors (Lipinski definition) is 2. The molecule has 0 aromatic rings. The van der Waals surface area contributed by atoms with Gasteiger partial charge < -0.3 is 9.47 Å². The monoisotopic (exact) mass is 119 g/mol. The van der Waals surface area contributed by atoms with E-state index < -0.39 is 0 Å². The van der Waals surface area contributed by atoms with Gasteiger partial charge in [-0.25, -0.2) is 0 Å². The maximum atomic E-state index is 4.88. The van der Waals surface area contributed by atoms with Crippen molar-refractivity contribution in [1.82, 2.24) is 0 Å². The van der Waals surface area contributed by atoms with Crippen LogP contribution < -0.4 is 0 Å². The molecule has 0 bridgehead atoms. The normalized spacial score (nSPS) is 14.1. The smallest absolute Gasteiger partial charge is 0.0685 e. The van der Waals surface area contributed by atoms with Crippen LogP contribution in [0.25, 0.3) is 0 Å². The van der Waals surface area contributed by atoms with Gasteiger partial charge in [-0.2, -0.15) is 0 Å². The van der Waals surface area contributed by atoms with Crippen LogP contribution in [0, 0.1) is 0 Å². The molecule has 0 rings (SSSR count). The lowest BCUT2D eigenvalue weighted by atomic mass is 10.8. The molecule has 1 unspecified atom stereocenters. The standard InChI is InChI=1S/C4H11O2Si/c1-5-3-4(7)6-2/h4H,3,7H2,1-2H3. The summed E-state index contributed by atoms with van der Waals surface area (Å²) in [4.78, 5) is 0. The molecule has 0 aromatic heterocycles. The summed E-state index contributed by atoms with van der Waals surface area (Å²) in [5.74, 6) is 0. The second kappa shape index (κ2) is 4.30. The van der Waals surface area contributed by atoms with Crippen molar-refractivity contribution in [2.75, 3.05) is 20.8 Å². The SMILES string of the molecule is COCC([SiH2])OC. The third-order valence-electron chi connectivity index (χ3n) is 0.686. The van der Waals surface area contributed by atoms with Gasteiger partial charge in [-0.15, -0.1) is 0 Å². The average molecular weight is 119 g/mol. The zero-order valence-electron chi connectivity index (χ0n) is 4.81. The van der Waals surface area contributed by atoms with Crippen LogP contribution in [-0.2, 0) is 9.47 Å². The molecule has 0 aliphatic carbocycles. The molecule has 7 heavy (non-hydrogen) atoms. The van der Waals surface area contributed by atoms with Crippen LogP contribution in [0.5, 0.6) is 0 Å². The quantitative estimate of drug-likeness (QED) is 0.455. The van der Waals surface area contributed by atoms with Crippen LogP contribution in [0.15, 0.2) is 0 Å². The van der Waals surface area contributed by atoms with E-state index in [4.69, 9.17) is 9.47 Å². The summed E-state index contributed by atoms with van der Waals surface area (Å²) in [6.45, 7) is 0.689. The van der Waals surface area contributed by atoms with Gasteiger partial charge in [0.2, 0.25) is 0 Å². The molecular weight excluding hydrogens is 108 g/mol. The van der Waals surface area contributed by atoms with Crippen LogP contribution in [0.1, 0.15) is 0 Å². The molecule has 1 radical (unpaired) electrons. The molecule has 3 heteroatoms. The molecule has 0 amide bonds. The first-order valence-corrected chi connectivity index (χ1v) is 2.97. The third kappa shape index (κ3) is 3.98. The van der Waals surface area contributed by atoms with Gasteiger partial charge in [0, 0.05) is 24.5 Å². The lowest BCUT2D eigenvalue weighted by Crippen LogP contribution is -2.16. The highest BCUT2D eigenvalue weighted by atomic mass is 28.1. The van der Waals surface area contributed by atoms with Gasteiger partial charge in [-0.05, 0) is 0 Å². The summed E-state index contributed by atoms with van der Waals surface area (Å²) in [5, 5.41) is 0. The first-order valence-electron chi connectivity index (χ1n) is 2.16. The first-order chi connectivity index (χ1) is 3.31. The fourth-order valence-corrected chi connectivity index (χ4v) is 0.490. The Bertz CT molecular complexity index is 40.7. The summed E-state index contributed by atoms with van der Waals surface area (Å²) >= 11 is 0. The van der Waals surface area contributed by atoms with Crippen LogP contribution in [-0.4, -0.2) is 36.8 Å². The van der Waals surface area contributed by atoms with Crippen LogP contribution >= 0.6 is 0 Å². The number of ether oxygens (including phenoxy) is 2. The predicted molar refractivity (Wildman–Crippen MR) is 31.2 cm³/mol. The zero-order valence-corrected chi connectivity index (χ0v) is 6.22. The molecule has 0 fully saturated rings. The van der Waals surface area contributed by atoms with E-state index in [0.717, 1.165) is 0 Å². The third-order valence-corrected chi connectivity index (χ3v) is 1.25. The van der Waals surface area contributed by atoms with E-state index >= 15 is 0 Å². The van der Waals surface area contributed by atoms with E-state index in [-0.39, 0.29) is 5.73 Å². The largest absolute Gasteiger partial charge is 0.384 e. The van der Waals surface area contributed by atoms with Gasteiger partial charge in [0.1, 0.15) is 0 Å². The average Bonchev–Trinajstić information content (AvgIpc) is 1.68. The summed E-state index contributed by atoms with van der Waals surface area (Å²) in [6, 6.07) is 0. The molecule has 0 aliphatic rings. The van der Waals surface area contributed by atoms with E-state index in [2.05, 4.69) is 0 Å². The lowest BCUT2D eigenvalue weighted by molar-refractivity contribution is 0.0764. The number of rotatable bonds is 3. The molecule has 0 saturated carbocycles. The van der Waals surface area contributed by atoms with Gasteiger partial charge in [0.15, 0.2) is 0 Å². The Morgan fingerprint density at radius 1 is 1.57 bits per heavy atom. The minimum atomic E-state index is 0.255. The maximum absolute atomic E-state index is 4.88. The highest BCUT2D eigenvalue weighted by Crippen LogP contribution is 1.79. The molecule has 0 spiro atoms. The second-order valence-corrected chi connectivity index (χ2v) is 2.22. The van der Waals surface area contributed by atoms with Gasteiger partial charge >= 0.3 is 0 Å². The lowest BCUT2D eigenvalue weighted by Gasteiger charge is -2.05. The van der Waals surface area contributed by atoms with E-state index in [9.17, 15) is 0 Å². The Morgan fingerprint density at radius 3 is 2.29 bits per heavy atom. The number of hydrogen-bond donors (Lipinski definition) is 0. The Morgan fingerprint density at radius 2 is 2.14 bits per heavy atom. The van der Waals surface area contributed by atoms with Crippen molar-refractivity contribution in [3.8, 4) is 0 Å². The minimum absolute atomic E-state index is 0.255. The van der Waals surface area contributed by atoms with Crippen molar-refractivity contribution in [3.63, 3.8) is 0 Å². The maximum Gasteiger partial charge on any atom is 0.0685 e. The fraction of sp³-hybridized carbons (Fsp3) is 1.00. The minimum Gasteiger partial charge on any atom is -0.384 e. The molecular formula is C4H11O2Si. The Hall–Kier alpha value is 0.137. The first kappa shape index (κ1) is 7.14. The second-order valence-electron chi connectivity index (χ2n) is 1.31. The highest BCUT2D eigenvalue weighted by Gasteiger charge is 1.93. The Kier molecular flexibility index (Phi) is 4.38. The van der Waals surface area contributed by atoms with Crippen molar-refractivity contribution < 1.29 is 9.47 Å². The highest BCUT2D eigenvalue weighted by molar-refractivity contribution is 6.11. The molecule has 0 N–H and O–H groups in total. The molecule has 0 aliphatic heterocycles. The number of methoxy groups -OCH3 is 2. The van der Waals surface area contributed by atoms with Gasteiger partial charge in [0.05, 0.1) is 12.3 Å². The van der Waals surface area contributed by atoms with Gasteiger partial charge in [-0.1, -0.05) is 0 Å². The van der Waals surface area contributed by atoms with Crippen molar-refractivity contribution in [2.45, 2.75) is 5.73 Å². The van der Waals surface area contributed by atoms with Crippen LogP contribution in [0.3, 0.4) is 0 Å². The van der Waals surface area contributed by atoms with E-state index in [0.29, 0.717) is 6.61 Å². The van der Waals surface area contributed by atoms with Crippen molar-refractivity contribution in [2.24, 2.45) is 0 Å². The summed E-state index contributed by atoms with van der Waals surface area (Å²) in [6.07, 6.45) is 0. The predicted octanol–water partition coefficient (Wildman–Crippen LogP) is -0.762. The molecule has 0 aromatic carbocycles. The van der Waals surface area contributed by atoms with Crippen molar-refractivity contribution in [1.29, 1.82) is 0 Å². The van der Waals surface area contributed by atoms with Gasteiger partial charge in [-0.3, -0.25) is 0 Å². The molecule has 0 heterocycles.